The molecule has 4 aromatic rings. The summed E-state index contributed by atoms with van der Waals surface area (Å²) < 4.78 is 46.9. The third-order valence-electron chi connectivity index (χ3n) is 7.39. The Morgan fingerprint density at radius 3 is 2.55 bits per heavy atom. The largest absolute Gasteiger partial charge is 0.481 e. The predicted molar refractivity (Wildman–Crippen MR) is 148 cm³/mol. The zero-order valence-electron chi connectivity index (χ0n) is 22.1. The van der Waals surface area contributed by atoms with Gasteiger partial charge in [0, 0.05) is 29.4 Å². The molecule has 0 saturated heterocycles. The van der Waals surface area contributed by atoms with E-state index in [1.807, 2.05) is 54.3 Å². The van der Waals surface area contributed by atoms with Gasteiger partial charge in [0.25, 0.3) is 5.91 Å². The number of carbonyl (C=O) groups is 1. The fourth-order valence-corrected chi connectivity index (χ4v) is 5.21. The summed E-state index contributed by atoms with van der Waals surface area (Å²) in [4.78, 5) is 25.9. The van der Waals surface area contributed by atoms with Crippen molar-refractivity contribution in [2.24, 2.45) is 5.92 Å². The van der Waals surface area contributed by atoms with E-state index in [1.54, 1.807) is 17.9 Å². The molecule has 206 valence electrons. The summed E-state index contributed by atoms with van der Waals surface area (Å²) in [6.07, 6.45) is -2.38. The molecule has 1 fully saturated rings. The standard InChI is InChI=1S/C30H28F3N5O2/c1-17(20-10-21(30(31,32)33)12-22(34)11-20)38(23-6-4-3-5-7-23)29-24-13-26-27(14-25(24)35-18(2)36-29)40-16-28(39)37(26)15-19-8-9-19/h3-7,10-14,17,19H,8-9,15-16,34H2,1-2H3/t17-/m1/s1. The summed E-state index contributed by atoms with van der Waals surface area (Å²) in [7, 11) is 0. The van der Waals surface area contributed by atoms with Crippen molar-refractivity contribution in [3.8, 4) is 5.75 Å². The highest BCUT2D eigenvalue weighted by atomic mass is 19.4. The molecule has 6 rings (SSSR count). The Hall–Kier alpha value is -4.34. The number of aromatic nitrogens is 2. The first-order valence-electron chi connectivity index (χ1n) is 13.2. The number of benzene rings is 3. The summed E-state index contributed by atoms with van der Waals surface area (Å²) in [6, 6.07) is 16.0. The van der Waals surface area contributed by atoms with Gasteiger partial charge in [0.1, 0.15) is 17.4 Å². The number of carbonyl (C=O) groups excluding carboxylic acids is 1. The Morgan fingerprint density at radius 2 is 1.85 bits per heavy atom. The Balaban J connectivity index is 1.55. The minimum absolute atomic E-state index is 0.0221. The van der Waals surface area contributed by atoms with E-state index >= 15 is 0 Å². The second-order valence-electron chi connectivity index (χ2n) is 10.4. The van der Waals surface area contributed by atoms with Crippen LogP contribution in [0.15, 0.2) is 60.7 Å². The third kappa shape index (κ3) is 4.89. The number of hydrogen-bond acceptors (Lipinski definition) is 6. The van der Waals surface area contributed by atoms with Crippen molar-refractivity contribution in [1.29, 1.82) is 0 Å². The fraction of sp³-hybridized carbons (Fsp3) is 0.300. The number of nitrogens with zero attached hydrogens (tertiary/aromatic N) is 4. The number of aryl methyl sites for hydroxylation is 1. The monoisotopic (exact) mass is 547 g/mol. The van der Waals surface area contributed by atoms with Crippen LogP contribution in [0.25, 0.3) is 10.9 Å². The molecular weight excluding hydrogens is 519 g/mol. The van der Waals surface area contributed by atoms with E-state index in [2.05, 4.69) is 4.98 Å². The summed E-state index contributed by atoms with van der Waals surface area (Å²) in [5.74, 6) is 1.92. The van der Waals surface area contributed by atoms with Gasteiger partial charge in [-0.3, -0.25) is 4.79 Å². The van der Waals surface area contributed by atoms with Gasteiger partial charge in [-0.15, -0.1) is 0 Å². The minimum atomic E-state index is -4.55. The van der Waals surface area contributed by atoms with E-state index in [9.17, 15) is 18.0 Å². The van der Waals surface area contributed by atoms with Crippen LogP contribution in [-0.2, 0) is 11.0 Å². The quantitative estimate of drug-likeness (QED) is 0.275. The van der Waals surface area contributed by atoms with Crippen molar-refractivity contribution in [3.05, 3.63) is 77.6 Å². The maximum absolute atomic E-state index is 13.7. The SMILES string of the molecule is Cc1nc(N(c2ccccc2)[C@H](C)c2cc(N)cc(C(F)(F)F)c2)c2cc3c(cc2n1)OCC(=O)N3CC1CC1. The van der Waals surface area contributed by atoms with Crippen molar-refractivity contribution < 1.29 is 22.7 Å². The molecular formula is C30H28F3N5O2. The maximum Gasteiger partial charge on any atom is 0.416 e. The van der Waals surface area contributed by atoms with Crippen molar-refractivity contribution in [2.75, 3.05) is 28.7 Å². The minimum Gasteiger partial charge on any atom is -0.481 e. The van der Waals surface area contributed by atoms with Crippen LogP contribution in [-0.4, -0.2) is 29.0 Å². The van der Waals surface area contributed by atoms with Gasteiger partial charge in [0.05, 0.1) is 22.8 Å². The first kappa shape index (κ1) is 25.9. The molecule has 2 aliphatic rings. The summed E-state index contributed by atoms with van der Waals surface area (Å²) in [5, 5.41) is 0.652. The molecule has 1 aliphatic carbocycles. The van der Waals surface area contributed by atoms with E-state index in [0.29, 0.717) is 52.0 Å². The molecule has 1 atom stereocenters. The number of halogens is 3. The molecule has 1 aromatic heterocycles. The molecule has 0 spiro atoms. The zero-order chi connectivity index (χ0) is 28.2. The maximum atomic E-state index is 13.7. The summed E-state index contributed by atoms with van der Waals surface area (Å²) >= 11 is 0. The number of hydrogen-bond donors (Lipinski definition) is 1. The van der Waals surface area contributed by atoms with Gasteiger partial charge in [-0.2, -0.15) is 13.2 Å². The average molecular weight is 548 g/mol. The number of nitrogen functional groups attached to an aromatic ring is 1. The van der Waals surface area contributed by atoms with Gasteiger partial charge in [-0.05, 0) is 74.6 Å². The Labute approximate surface area is 229 Å². The molecule has 3 aromatic carbocycles. The van der Waals surface area contributed by atoms with Crippen LogP contribution in [0.3, 0.4) is 0 Å². The highest BCUT2D eigenvalue weighted by Gasteiger charge is 2.34. The Kier molecular flexibility index (Phi) is 6.28. The van der Waals surface area contributed by atoms with Gasteiger partial charge in [0.15, 0.2) is 6.61 Å². The van der Waals surface area contributed by atoms with Gasteiger partial charge in [-0.25, -0.2) is 9.97 Å². The highest BCUT2D eigenvalue weighted by Crippen LogP contribution is 2.44. The van der Waals surface area contributed by atoms with Gasteiger partial charge in [0.2, 0.25) is 0 Å². The van der Waals surface area contributed by atoms with Crippen molar-refractivity contribution in [3.63, 3.8) is 0 Å². The van der Waals surface area contributed by atoms with E-state index in [4.69, 9.17) is 15.5 Å². The summed E-state index contributed by atoms with van der Waals surface area (Å²) in [6.45, 7) is 4.16. The molecule has 1 amide bonds. The number of anilines is 4. The van der Waals surface area contributed by atoms with Crippen LogP contribution in [0.1, 0.15) is 42.8 Å². The van der Waals surface area contributed by atoms with E-state index in [-0.39, 0.29) is 18.2 Å². The molecule has 7 nitrogen and oxygen atoms in total. The number of fused-ring (bicyclic) bond motifs is 2. The first-order valence-corrected chi connectivity index (χ1v) is 13.2. The van der Waals surface area contributed by atoms with Crippen LogP contribution >= 0.6 is 0 Å². The predicted octanol–water partition coefficient (Wildman–Crippen LogP) is 6.57. The van der Waals surface area contributed by atoms with Crippen molar-refractivity contribution in [2.45, 2.75) is 38.9 Å². The third-order valence-corrected chi connectivity index (χ3v) is 7.39. The smallest absolute Gasteiger partial charge is 0.416 e. The lowest BCUT2D eigenvalue weighted by Crippen LogP contribution is -2.40. The molecule has 0 unspecified atom stereocenters. The zero-order valence-corrected chi connectivity index (χ0v) is 22.1. The molecule has 1 saturated carbocycles. The van der Waals surface area contributed by atoms with E-state index < -0.39 is 17.8 Å². The van der Waals surface area contributed by atoms with Gasteiger partial charge >= 0.3 is 6.18 Å². The molecule has 40 heavy (non-hydrogen) atoms. The van der Waals surface area contributed by atoms with E-state index in [0.717, 1.165) is 30.7 Å². The van der Waals surface area contributed by atoms with Crippen LogP contribution < -0.4 is 20.3 Å². The first-order chi connectivity index (χ1) is 19.1. The Bertz CT molecular complexity index is 1610. The number of alkyl halides is 3. The van der Waals surface area contributed by atoms with Crippen molar-refractivity contribution >= 4 is 39.7 Å². The van der Waals surface area contributed by atoms with Crippen LogP contribution in [0.2, 0.25) is 0 Å². The molecule has 1 aliphatic heterocycles. The molecule has 0 bridgehead atoms. The van der Waals surface area contributed by atoms with Crippen molar-refractivity contribution in [1.82, 2.24) is 9.97 Å². The lowest BCUT2D eigenvalue weighted by atomic mass is 10.0. The number of ether oxygens (including phenoxy) is 1. The lowest BCUT2D eigenvalue weighted by molar-refractivity contribution is -0.137. The van der Waals surface area contributed by atoms with Gasteiger partial charge in [-0.1, -0.05) is 18.2 Å². The summed E-state index contributed by atoms with van der Waals surface area (Å²) in [5.41, 5.74) is 7.51. The molecule has 2 heterocycles. The molecule has 2 N–H and O–H groups in total. The van der Waals surface area contributed by atoms with Gasteiger partial charge < -0.3 is 20.3 Å². The normalized spacial score (nSPS) is 16.0. The second-order valence-corrected chi connectivity index (χ2v) is 10.4. The number of amides is 1. The number of para-hydroxylation sites is 1. The lowest BCUT2D eigenvalue weighted by Gasteiger charge is -2.33. The molecule has 10 heteroatoms. The highest BCUT2D eigenvalue weighted by molar-refractivity contribution is 6.03. The van der Waals surface area contributed by atoms with E-state index in [1.165, 1.54) is 0 Å². The topological polar surface area (TPSA) is 84.6 Å². The fourth-order valence-electron chi connectivity index (χ4n) is 5.21. The second kappa shape index (κ2) is 9.69. The number of rotatable bonds is 6. The van der Waals surface area contributed by atoms with Crippen LogP contribution in [0.4, 0.5) is 36.1 Å². The number of nitrogens with two attached hydrogens (primary N) is 1. The Morgan fingerprint density at radius 1 is 1.10 bits per heavy atom. The van der Waals surface area contributed by atoms with Crippen LogP contribution in [0, 0.1) is 12.8 Å². The molecule has 0 radical (unpaired) electrons. The van der Waals surface area contributed by atoms with Crippen LogP contribution in [0.5, 0.6) is 5.75 Å². The average Bonchev–Trinajstić information content (AvgIpc) is 3.73.